The quantitative estimate of drug-likeness (QED) is 0.676. The van der Waals surface area contributed by atoms with Gasteiger partial charge in [-0.15, -0.1) is 4.91 Å². The third-order valence-electron chi connectivity index (χ3n) is 1.37. The van der Waals surface area contributed by atoms with Gasteiger partial charge in [-0.3, -0.25) is 0 Å². The Morgan fingerprint density at radius 3 is 2.58 bits per heavy atom. The van der Waals surface area contributed by atoms with Gasteiger partial charge in [0.25, 0.3) is 0 Å². The van der Waals surface area contributed by atoms with Crippen LogP contribution in [0.15, 0.2) is 35.5 Å². The van der Waals surface area contributed by atoms with Gasteiger partial charge in [0, 0.05) is 11.7 Å². The van der Waals surface area contributed by atoms with Crippen LogP contribution in [-0.2, 0) is 6.54 Å². The van der Waals surface area contributed by atoms with Gasteiger partial charge in [0.15, 0.2) is 0 Å². The minimum absolute atomic E-state index is 0.339. The summed E-state index contributed by atoms with van der Waals surface area (Å²) in [5.74, 6) is 0. The molecule has 62 valence electrons. The van der Waals surface area contributed by atoms with Crippen molar-refractivity contribution in [2.75, 3.05) is 0 Å². The van der Waals surface area contributed by atoms with Gasteiger partial charge in [-0.2, -0.15) is 0 Å². The third kappa shape index (κ3) is 2.49. The van der Waals surface area contributed by atoms with Crippen LogP contribution in [0.4, 0.5) is 4.79 Å². The van der Waals surface area contributed by atoms with E-state index in [9.17, 15) is 9.70 Å². The topological polar surface area (TPSA) is 58.5 Å². The van der Waals surface area contributed by atoms with Crippen LogP contribution < -0.4 is 5.32 Å². The van der Waals surface area contributed by atoms with Crippen molar-refractivity contribution < 1.29 is 4.79 Å². The minimum Gasteiger partial charge on any atom is -0.330 e. The summed E-state index contributed by atoms with van der Waals surface area (Å²) >= 11 is 0. The van der Waals surface area contributed by atoms with Gasteiger partial charge in [-0.25, -0.2) is 4.79 Å². The molecule has 0 spiro atoms. The zero-order valence-corrected chi connectivity index (χ0v) is 6.36. The van der Waals surface area contributed by atoms with Crippen molar-refractivity contribution in [2.24, 2.45) is 5.18 Å². The second-order valence-corrected chi connectivity index (χ2v) is 2.24. The summed E-state index contributed by atoms with van der Waals surface area (Å²) in [7, 11) is 0. The van der Waals surface area contributed by atoms with Crippen LogP contribution in [0.3, 0.4) is 0 Å². The number of amides is 2. The molecule has 4 heteroatoms. The molecular formula is C8H8N2O2. The van der Waals surface area contributed by atoms with Gasteiger partial charge in [-0.05, 0) is 5.56 Å². The average molecular weight is 164 g/mol. The highest BCUT2D eigenvalue weighted by Crippen LogP contribution is 1.96. The molecule has 1 aromatic carbocycles. The van der Waals surface area contributed by atoms with Gasteiger partial charge in [0.1, 0.15) is 0 Å². The SMILES string of the molecule is O=NC(=O)NCc1ccccc1. The fraction of sp³-hybridized carbons (Fsp3) is 0.125. The van der Waals surface area contributed by atoms with E-state index in [4.69, 9.17) is 0 Å². The molecule has 1 N–H and O–H groups in total. The normalized spacial score (nSPS) is 9.00. The Morgan fingerprint density at radius 1 is 1.33 bits per heavy atom. The van der Waals surface area contributed by atoms with Crippen molar-refractivity contribution in [1.82, 2.24) is 5.32 Å². The second kappa shape index (κ2) is 4.23. The Morgan fingerprint density at radius 2 is 2.00 bits per heavy atom. The summed E-state index contributed by atoms with van der Waals surface area (Å²) < 4.78 is 0. The highest BCUT2D eigenvalue weighted by Gasteiger charge is 1.97. The number of urea groups is 1. The molecule has 0 aliphatic rings. The number of nitrogens with zero attached hydrogens (tertiary/aromatic N) is 1. The number of carbonyl (C=O) groups is 1. The number of hydrogen-bond donors (Lipinski definition) is 1. The lowest BCUT2D eigenvalue weighted by atomic mass is 10.2. The molecule has 0 fully saturated rings. The van der Waals surface area contributed by atoms with Gasteiger partial charge in [0.2, 0.25) is 0 Å². The molecule has 4 nitrogen and oxygen atoms in total. The van der Waals surface area contributed by atoms with Crippen LogP contribution in [-0.4, -0.2) is 6.03 Å². The van der Waals surface area contributed by atoms with Crippen molar-refractivity contribution in [3.8, 4) is 0 Å². The van der Waals surface area contributed by atoms with Crippen LogP contribution in [0.1, 0.15) is 5.56 Å². The maximum atomic E-state index is 10.4. The Bertz CT molecular complexity index is 272. The Labute approximate surface area is 69.6 Å². The zero-order chi connectivity index (χ0) is 8.81. The molecule has 1 rings (SSSR count). The molecule has 0 aliphatic carbocycles. The largest absolute Gasteiger partial charge is 0.378 e. The molecular weight excluding hydrogens is 156 g/mol. The molecule has 0 unspecified atom stereocenters. The van der Waals surface area contributed by atoms with Crippen molar-refractivity contribution in [1.29, 1.82) is 0 Å². The number of nitrogens with one attached hydrogen (secondary N) is 1. The van der Waals surface area contributed by atoms with E-state index >= 15 is 0 Å². The third-order valence-corrected chi connectivity index (χ3v) is 1.37. The maximum absolute atomic E-state index is 10.4. The summed E-state index contributed by atoms with van der Waals surface area (Å²) in [5, 5.41) is 4.53. The van der Waals surface area contributed by atoms with Crippen molar-refractivity contribution in [3.05, 3.63) is 40.8 Å². The second-order valence-electron chi connectivity index (χ2n) is 2.24. The number of hydrogen-bond acceptors (Lipinski definition) is 2. The summed E-state index contributed by atoms with van der Waals surface area (Å²) in [6, 6.07) is 8.46. The van der Waals surface area contributed by atoms with Crippen molar-refractivity contribution >= 4 is 6.03 Å². The fourth-order valence-electron chi connectivity index (χ4n) is 0.806. The Hall–Kier alpha value is -1.71. The van der Waals surface area contributed by atoms with Gasteiger partial charge in [-0.1, -0.05) is 30.3 Å². The van der Waals surface area contributed by atoms with Crippen molar-refractivity contribution in [2.45, 2.75) is 6.54 Å². The fourth-order valence-corrected chi connectivity index (χ4v) is 0.806. The van der Waals surface area contributed by atoms with Crippen LogP contribution >= 0.6 is 0 Å². The summed E-state index contributed by atoms with van der Waals surface area (Å²) in [4.78, 5) is 20.1. The number of rotatable bonds is 2. The van der Waals surface area contributed by atoms with E-state index in [0.29, 0.717) is 6.54 Å². The molecule has 12 heavy (non-hydrogen) atoms. The molecule has 0 radical (unpaired) electrons. The van der Waals surface area contributed by atoms with E-state index in [0.717, 1.165) is 5.56 Å². The minimum atomic E-state index is -0.834. The number of benzene rings is 1. The maximum Gasteiger partial charge on any atom is 0.378 e. The lowest BCUT2D eigenvalue weighted by molar-refractivity contribution is 0.248. The predicted molar refractivity (Wildman–Crippen MR) is 44.5 cm³/mol. The molecule has 0 saturated heterocycles. The first-order valence-electron chi connectivity index (χ1n) is 3.48. The molecule has 0 saturated carbocycles. The molecule has 0 heterocycles. The van der Waals surface area contributed by atoms with Crippen molar-refractivity contribution in [3.63, 3.8) is 0 Å². The van der Waals surface area contributed by atoms with E-state index in [1.807, 2.05) is 30.3 Å². The smallest absolute Gasteiger partial charge is 0.330 e. The first kappa shape index (κ1) is 8.39. The van der Waals surface area contributed by atoms with E-state index in [-0.39, 0.29) is 0 Å². The zero-order valence-electron chi connectivity index (χ0n) is 6.36. The molecule has 0 aliphatic heterocycles. The highest BCUT2D eigenvalue weighted by atomic mass is 16.3. The standard InChI is InChI=1S/C8H8N2O2/c11-8(10-12)9-6-7-4-2-1-3-5-7/h1-5H,6H2,(H,9,11). The Kier molecular flexibility index (Phi) is 2.95. The molecule has 1 aromatic rings. The monoisotopic (exact) mass is 164 g/mol. The van der Waals surface area contributed by atoms with Gasteiger partial charge in [0.05, 0.1) is 0 Å². The van der Waals surface area contributed by atoms with Gasteiger partial charge >= 0.3 is 6.03 Å². The highest BCUT2D eigenvalue weighted by molar-refractivity contribution is 5.74. The molecule has 0 atom stereocenters. The molecule has 2 amide bonds. The van der Waals surface area contributed by atoms with E-state index in [1.54, 1.807) is 0 Å². The van der Waals surface area contributed by atoms with Crippen LogP contribution in [0, 0.1) is 4.91 Å². The van der Waals surface area contributed by atoms with Gasteiger partial charge < -0.3 is 5.32 Å². The van der Waals surface area contributed by atoms with Crippen LogP contribution in [0.25, 0.3) is 0 Å². The lowest BCUT2D eigenvalue weighted by Crippen LogP contribution is -2.18. The summed E-state index contributed by atoms with van der Waals surface area (Å²) in [6.45, 7) is 0.339. The van der Waals surface area contributed by atoms with Crippen LogP contribution in [0.5, 0.6) is 0 Å². The predicted octanol–water partition coefficient (Wildman–Crippen LogP) is 1.66. The molecule has 0 aromatic heterocycles. The first-order chi connectivity index (χ1) is 5.83. The van der Waals surface area contributed by atoms with Crippen LogP contribution in [0.2, 0.25) is 0 Å². The van der Waals surface area contributed by atoms with E-state index in [1.165, 1.54) is 0 Å². The summed E-state index contributed by atoms with van der Waals surface area (Å²) in [6.07, 6.45) is 0. The summed E-state index contributed by atoms with van der Waals surface area (Å²) in [5.41, 5.74) is 0.939. The van der Waals surface area contributed by atoms with E-state index in [2.05, 4.69) is 10.5 Å². The lowest BCUT2D eigenvalue weighted by Gasteiger charge is -1.98. The Balaban J connectivity index is 2.43. The molecule has 0 bridgehead atoms. The number of nitroso groups, excluding NO2 is 1. The first-order valence-corrected chi connectivity index (χ1v) is 3.48. The van der Waals surface area contributed by atoms with E-state index < -0.39 is 6.03 Å². The average Bonchev–Trinajstić information content (AvgIpc) is 2.16. The number of carbonyl (C=O) groups excluding carboxylic acids is 1.